The molecule has 1 saturated heterocycles. The van der Waals surface area contributed by atoms with E-state index in [1.807, 2.05) is 6.92 Å². The van der Waals surface area contributed by atoms with Gasteiger partial charge in [-0.15, -0.1) is 0 Å². The Labute approximate surface area is 202 Å². The summed E-state index contributed by atoms with van der Waals surface area (Å²) in [5, 5.41) is 31.4. The van der Waals surface area contributed by atoms with Crippen molar-refractivity contribution in [3.8, 4) is 11.5 Å². The van der Waals surface area contributed by atoms with Crippen LogP contribution in [0, 0.1) is 12.8 Å². The van der Waals surface area contributed by atoms with Crippen molar-refractivity contribution in [1.82, 2.24) is 0 Å². The third kappa shape index (κ3) is 5.75. The molecule has 1 heterocycles. The number of esters is 1. The molecule has 7 heteroatoms. The van der Waals surface area contributed by atoms with E-state index in [4.69, 9.17) is 14.2 Å². The maximum atomic E-state index is 11.6. The van der Waals surface area contributed by atoms with E-state index in [-0.39, 0.29) is 18.3 Å². The molecule has 0 radical (unpaired) electrons. The van der Waals surface area contributed by atoms with E-state index in [1.54, 1.807) is 0 Å². The summed E-state index contributed by atoms with van der Waals surface area (Å²) < 4.78 is 17.0. The fourth-order valence-corrected chi connectivity index (χ4v) is 5.21. The quantitative estimate of drug-likeness (QED) is 0.394. The molecule has 1 aliphatic carbocycles. The summed E-state index contributed by atoms with van der Waals surface area (Å²) in [6.45, 7) is 11.5. The number of allylic oxidation sites excluding steroid dienone is 2. The predicted octanol–water partition coefficient (Wildman–Crippen LogP) is 4.45. The number of phenols is 1. The van der Waals surface area contributed by atoms with E-state index < -0.39 is 30.6 Å². The highest BCUT2D eigenvalue weighted by Crippen LogP contribution is 2.51. The Morgan fingerprint density at radius 3 is 2.62 bits per heavy atom. The van der Waals surface area contributed by atoms with Crippen molar-refractivity contribution in [2.75, 3.05) is 6.61 Å². The minimum atomic E-state index is -1.36. The van der Waals surface area contributed by atoms with Crippen LogP contribution in [0.2, 0.25) is 0 Å². The highest BCUT2D eigenvalue weighted by atomic mass is 16.7. The lowest BCUT2D eigenvalue weighted by Gasteiger charge is -2.39. The maximum absolute atomic E-state index is 11.6. The number of ether oxygens (including phenoxy) is 3. The largest absolute Gasteiger partial charge is 0.504 e. The number of carbonyl (C=O) groups excluding carboxylic acids is 1. The van der Waals surface area contributed by atoms with Crippen LogP contribution >= 0.6 is 0 Å². The second kappa shape index (κ2) is 11.1. The van der Waals surface area contributed by atoms with Crippen molar-refractivity contribution >= 4 is 5.97 Å². The summed E-state index contributed by atoms with van der Waals surface area (Å²) in [4.78, 5) is 11.6. The summed E-state index contributed by atoms with van der Waals surface area (Å²) >= 11 is 0. The van der Waals surface area contributed by atoms with Crippen LogP contribution in [0.1, 0.15) is 88.8 Å². The van der Waals surface area contributed by atoms with Gasteiger partial charge in [0.15, 0.2) is 17.6 Å². The lowest BCUT2D eigenvalue weighted by Crippen LogP contribution is -2.56. The average molecular weight is 477 g/mol. The van der Waals surface area contributed by atoms with Crippen LogP contribution in [-0.4, -0.2) is 52.5 Å². The van der Waals surface area contributed by atoms with Crippen molar-refractivity contribution < 1.29 is 34.3 Å². The molecular formula is C27H40O7. The van der Waals surface area contributed by atoms with Gasteiger partial charge >= 0.3 is 5.97 Å². The Morgan fingerprint density at radius 1 is 1.26 bits per heavy atom. The van der Waals surface area contributed by atoms with Gasteiger partial charge in [-0.25, -0.2) is 0 Å². The first-order chi connectivity index (χ1) is 16.0. The molecule has 0 bridgehead atoms. The van der Waals surface area contributed by atoms with E-state index in [9.17, 15) is 20.1 Å². The number of benzene rings is 1. The fraction of sp³-hybridized carbons (Fsp3) is 0.667. The summed E-state index contributed by atoms with van der Waals surface area (Å²) in [7, 11) is 0. The van der Waals surface area contributed by atoms with E-state index >= 15 is 0 Å². The van der Waals surface area contributed by atoms with Crippen LogP contribution in [0.5, 0.6) is 11.5 Å². The molecule has 0 spiro atoms. The van der Waals surface area contributed by atoms with Crippen molar-refractivity contribution in [3.05, 3.63) is 34.4 Å². The minimum absolute atomic E-state index is 0.0224. The predicted molar refractivity (Wildman–Crippen MR) is 129 cm³/mol. The van der Waals surface area contributed by atoms with Gasteiger partial charge in [-0.3, -0.25) is 4.79 Å². The van der Waals surface area contributed by atoms with Gasteiger partial charge in [-0.1, -0.05) is 31.6 Å². The average Bonchev–Trinajstić information content (AvgIpc) is 2.75. The van der Waals surface area contributed by atoms with E-state index in [0.29, 0.717) is 23.1 Å². The van der Waals surface area contributed by atoms with Gasteiger partial charge in [0.2, 0.25) is 6.29 Å². The third-order valence-corrected chi connectivity index (χ3v) is 7.15. The first kappa shape index (κ1) is 26.5. The molecule has 0 unspecified atom stereocenters. The van der Waals surface area contributed by atoms with E-state index in [1.165, 1.54) is 18.1 Å². The zero-order chi connectivity index (χ0) is 25.2. The fourth-order valence-electron chi connectivity index (χ4n) is 5.21. The van der Waals surface area contributed by atoms with Gasteiger partial charge in [-0.05, 0) is 75.3 Å². The Kier molecular flexibility index (Phi) is 8.66. The molecule has 3 N–H and O–H groups in total. The highest BCUT2D eigenvalue weighted by molar-refractivity contribution is 5.66. The number of aliphatic hydroxyl groups excluding tert-OH is 2. The molecule has 7 atom stereocenters. The molecular weight excluding hydrogens is 436 g/mol. The SMILES string of the molecule is CC(=O)O[C@@H]1[C@@H](Oc2c(O)c(C)cc3c2[C@@H](C)CC[C@H]3[C@@H](C)CCC=C(C)C)OC[C@H](O)[C@H]1O. The van der Waals surface area contributed by atoms with Crippen LogP contribution < -0.4 is 4.74 Å². The van der Waals surface area contributed by atoms with Crippen molar-refractivity contribution in [2.45, 2.75) is 104 Å². The number of hydrogen-bond acceptors (Lipinski definition) is 7. The van der Waals surface area contributed by atoms with Crippen LogP contribution in [-0.2, 0) is 14.3 Å². The zero-order valence-corrected chi connectivity index (χ0v) is 21.2. The first-order valence-corrected chi connectivity index (χ1v) is 12.3. The minimum Gasteiger partial charge on any atom is -0.504 e. The van der Waals surface area contributed by atoms with Crippen molar-refractivity contribution in [2.24, 2.45) is 5.92 Å². The number of aryl methyl sites for hydroxylation is 1. The Bertz CT molecular complexity index is 905. The summed E-state index contributed by atoms with van der Waals surface area (Å²) in [6.07, 6.45) is 1.49. The molecule has 2 aliphatic rings. The molecule has 34 heavy (non-hydrogen) atoms. The maximum Gasteiger partial charge on any atom is 0.303 e. The molecule has 3 rings (SSSR count). The second-order valence-corrected chi connectivity index (χ2v) is 10.2. The summed E-state index contributed by atoms with van der Waals surface area (Å²) in [5.74, 6) is 0.662. The molecule has 7 nitrogen and oxygen atoms in total. The molecule has 0 saturated carbocycles. The Hall–Kier alpha value is -2.09. The highest BCUT2D eigenvalue weighted by Gasteiger charge is 2.44. The van der Waals surface area contributed by atoms with Crippen LogP contribution in [0.4, 0.5) is 0 Å². The Morgan fingerprint density at radius 2 is 1.97 bits per heavy atom. The number of phenolic OH excluding ortho intramolecular Hbond substituents is 1. The second-order valence-electron chi connectivity index (χ2n) is 10.2. The third-order valence-electron chi connectivity index (χ3n) is 7.15. The zero-order valence-electron chi connectivity index (χ0n) is 21.2. The molecule has 1 fully saturated rings. The normalized spacial score (nSPS) is 29.6. The van der Waals surface area contributed by atoms with Gasteiger partial charge < -0.3 is 29.5 Å². The molecule has 190 valence electrons. The summed E-state index contributed by atoms with van der Waals surface area (Å²) in [5.41, 5.74) is 4.14. The number of fused-ring (bicyclic) bond motifs is 1. The van der Waals surface area contributed by atoms with Crippen LogP contribution in [0.15, 0.2) is 17.7 Å². The van der Waals surface area contributed by atoms with Gasteiger partial charge in [0.05, 0.1) is 6.61 Å². The first-order valence-electron chi connectivity index (χ1n) is 12.3. The number of rotatable bonds is 7. The summed E-state index contributed by atoms with van der Waals surface area (Å²) in [6, 6.07) is 2.07. The van der Waals surface area contributed by atoms with Gasteiger partial charge in [0.1, 0.15) is 12.2 Å². The van der Waals surface area contributed by atoms with E-state index in [0.717, 1.165) is 31.2 Å². The monoisotopic (exact) mass is 476 g/mol. The van der Waals surface area contributed by atoms with E-state index in [2.05, 4.69) is 39.8 Å². The van der Waals surface area contributed by atoms with Crippen LogP contribution in [0.3, 0.4) is 0 Å². The van der Waals surface area contributed by atoms with Gasteiger partial charge in [-0.2, -0.15) is 0 Å². The number of aromatic hydroxyl groups is 1. The molecule has 0 aromatic heterocycles. The lowest BCUT2D eigenvalue weighted by molar-refractivity contribution is -0.250. The Balaban J connectivity index is 1.96. The van der Waals surface area contributed by atoms with Gasteiger partial charge in [0, 0.05) is 12.5 Å². The number of hydrogen-bond donors (Lipinski definition) is 3. The van der Waals surface area contributed by atoms with Gasteiger partial charge in [0.25, 0.3) is 0 Å². The molecule has 0 amide bonds. The number of aliphatic hydroxyl groups is 2. The topological polar surface area (TPSA) is 105 Å². The van der Waals surface area contributed by atoms with Crippen molar-refractivity contribution in [3.63, 3.8) is 0 Å². The number of carbonyl (C=O) groups is 1. The smallest absolute Gasteiger partial charge is 0.303 e. The molecule has 1 aliphatic heterocycles. The van der Waals surface area contributed by atoms with Crippen LogP contribution in [0.25, 0.3) is 0 Å². The standard InChI is InChI=1S/C27H40O7/c1-14(2)8-7-9-15(3)19-11-10-16(4)22-20(19)12-17(5)23(30)25(22)34-27-26(33-18(6)28)24(31)21(29)13-32-27/h8,12,15-16,19,21,24,26-27,29-31H,7,9-11,13H2,1-6H3/t15-,16-,19-,21-,24+,26-,27+/m0/s1. The molecule has 1 aromatic rings. The van der Waals surface area contributed by atoms with Crippen molar-refractivity contribution in [1.29, 1.82) is 0 Å². The lowest BCUT2D eigenvalue weighted by atomic mass is 9.70. The molecule has 1 aromatic carbocycles.